The minimum Gasteiger partial charge on any atom is -0.497 e. The molecule has 0 aliphatic carbocycles. The molecule has 0 unspecified atom stereocenters. The van der Waals surface area contributed by atoms with Crippen LogP contribution in [0.25, 0.3) is 0 Å². The number of benzene rings is 3. The van der Waals surface area contributed by atoms with Gasteiger partial charge in [0.15, 0.2) is 6.10 Å². The van der Waals surface area contributed by atoms with E-state index in [2.05, 4.69) is 5.32 Å². The van der Waals surface area contributed by atoms with E-state index in [1.165, 1.54) is 41.7 Å². The summed E-state index contributed by atoms with van der Waals surface area (Å²) in [5.74, 6) is -0.726. The highest BCUT2D eigenvalue weighted by Gasteiger charge is 2.39. The van der Waals surface area contributed by atoms with Crippen molar-refractivity contribution in [3.05, 3.63) is 90.2 Å². The Balaban J connectivity index is 1.36. The van der Waals surface area contributed by atoms with Crippen LogP contribution in [0.15, 0.2) is 83.8 Å². The summed E-state index contributed by atoms with van der Waals surface area (Å²) in [5, 5.41) is 14.4. The van der Waals surface area contributed by atoms with Gasteiger partial charge in [0.05, 0.1) is 42.5 Å². The van der Waals surface area contributed by atoms with Crippen molar-refractivity contribution in [2.24, 2.45) is 0 Å². The molecule has 11 nitrogen and oxygen atoms in total. The molecule has 2 amide bonds. The van der Waals surface area contributed by atoms with E-state index in [-0.39, 0.29) is 42.7 Å². The Labute approximate surface area is 261 Å². The van der Waals surface area contributed by atoms with E-state index in [1.807, 2.05) is 30.3 Å². The summed E-state index contributed by atoms with van der Waals surface area (Å²) in [6, 6.07) is 19.5. The Bertz CT molecular complexity index is 1570. The van der Waals surface area contributed by atoms with Crippen LogP contribution in [-0.2, 0) is 30.7 Å². The smallest absolute Gasteiger partial charge is 0.415 e. The van der Waals surface area contributed by atoms with E-state index < -0.39 is 46.1 Å². The first-order valence-electron chi connectivity index (χ1n) is 14.7. The maximum absolute atomic E-state index is 13.8. The molecule has 2 heterocycles. The van der Waals surface area contributed by atoms with Crippen LogP contribution >= 0.6 is 0 Å². The topological polar surface area (TPSA) is 135 Å². The second kappa shape index (κ2) is 14.4. The van der Waals surface area contributed by atoms with Crippen LogP contribution in [0.2, 0.25) is 0 Å². The molecule has 2 aliphatic heterocycles. The highest BCUT2D eigenvalue weighted by molar-refractivity contribution is 7.89. The fraction of sp³-hybridized carbons (Fsp3) is 0.375. The van der Waals surface area contributed by atoms with Crippen LogP contribution in [-0.4, -0.2) is 87.5 Å². The van der Waals surface area contributed by atoms with Gasteiger partial charge in [0.25, 0.3) is 5.91 Å². The zero-order valence-corrected chi connectivity index (χ0v) is 25.6. The molecular weight excluding hydrogens is 605 g/mol. The van der Waals surface area contributed by atoms with Crippen molar-refractivity contribution in [2.75, 3.05) is 38.3 Å². The Kier molecular flexibility index (Phi) is 10.3. The molecule has 0 spiro atoms. The third-order valence-electron chi connectivity index (χ3n) is 7.83. The molecule has 13 heteroatoms. The van der Waals surface area contributed by atoms with Crippen LogP contribution in [0, 0.1) is 5.82 Å². The quantitative estimate of drug-likeness (QED) is 0.291. The maximum Gasteiger partial charge on any atom is 0.415 e. The number of nitrogens with one attached hydrogen (secondary N) is 1. The van der Waals surface area contributed by atoms with Crippen molar-refractivity contribution < 1.29 is 41.7 Å². The predicted molar refractivity (Wildman–Crippen MR) is 163 cm³/mol. The molecule has 2 N–H and O–H groups in total. The Morgan fingerprint density at radius 1 is 1.13 bits per heavy atom. The first kappa shape index (κ1) is 32.4. The number of sulfonamides is 1. The summed E-state index contributed by atoms with van der Waals surface area (Å²) in [6.45, 7) is 0.0223. The van der Waals surface area contributed by atoms with Gasteiger partial charge in [-0.05, 0) is 67.3 Å². The average Bonchev–Trinajstić information content (AvgIpc) is 3.70. The van der Waals surface area contributed by atoms with Crippen molar-refractivity contribution in [1.82, 2.24) is 9.62 Å². The normalized spacial score (nSPS) is 19.7. The predicted octanol–water partition coefficient (Wildman–Crippen LogP) is 3.12. The third kappa shape index (κ3) is 7.98. The fourth-order valence-electron chi connectivity index (χ4n) is 5.40. The van der Waals surface area contributed by atoms with Gasteiger partial charge in [-0.15, -0.1) is 0 Å². The number of hydrogen-bond donors (Lipinski definition) is 2. The molecule has 3 aromatic rings. The second-order valence-electron chi connectivity index (χ2n) is 11.0. The number of halogens is 1. The number of methoxy groups -OCH3 is 1. The molecule has 5 rings (SSSR count). The first-order valence-corrected chi connectivity index (χ1v) is 16.1. The molecule has 0 saturated carbocycles. The lowest BCUT2D eigenvalue weighted by Crippen LogP contribution is -2.53. The van der Waals surface area contributed by atoms with Gasteiger partial charge in [-0.1, -0.05) is 36.4 Å². The number of anilines is 1. The van der Waals surface area contributed by atoms with E-state index in [9.17, 15) is 27.5 Å². The Morgan fingerprint density at radius 3 is 2.56 bits per heavy atom. The maximum atomic E-state index is 13.8. The highest BCUT2D eigenvalue weighted by Crippen LogP contribution is 2.25. The number of aliphatic hydroxyl groups excluding tert-OH is 1. The summed E-state index contributed by atoms with van der Waals surface area (Å²) >= 11 is 0. The molecule has 0 aromatic heterocycles. The summed E-state index contributed by atoms with van der Waals surface area (Å²) in [5.41, 5.74) is 1.03. The van der Waals surface area contributed by atoms with Crippen LogP contribution < -0.4 is 15.0 Å². The minimum absolute atomic E-state index is 0.0141. The summed E-state index contributed by atoms with van der Waals surface area (Å²) in [7, 11) is -2.61. The van der Waals surface area contributed by atoms with Crippen molar-refractivity contribution in [2.45, 2.75) is 48.5 Å². The number of cyclic esters (lactones) is 1. The third-order valence-corrected chi connectivity index (χ3v) is 9.68. The van der Waals surface area contributed by atoms with Gasteiger partial charge in [0, 0.05) is 19.7 Å². The lowest BCUT2D eigenvalue weighted by atomic mass is 10.0. The number of nitrogens with zero attached hydrogens (tertiary/aromatic N) is 2. The van der Waals surface area contributed by atoms with E-state index in [1.54, 1.807) is 12.1 Å². The monoisotopic (exact) mass is 641 g/mol. The Morgan fingerprint density at radius 2 is 1.89 bits per heavy atom. The number of carbonyl (C=O) groups excluding carboxylic acids is 2. The van der Waals surface area contributed by atoms with Crippen LogP contribution in [0.5, 0.6) is 5.75 Å². The van der Waals surface area contributed by atoms with Crippen LogP contribution in [0.3, 0.4) is 0 Å². The number of carbonyl (C=O) groups is 2. The zero-order valence-electron chi connectivity index (χ0n) is 24.8. The van der Waals surface area contributed by atoms with Gasteiger partial charge in [-0.25, -0.2) is 17.6 Å². The SMILES string of the molecule is COc1ccc(S(=O)(=O)N(C[C@H]2CCCO2)C[C@@H](O)[C@H](Cc2ccccc2)NC(=O)[C@@H]2CN(c3cccc(F)c3)C(=O)O2)cc1. The molecule has 45 heavy (non-hydrogen) atoms. The number of ether oxygens (including phenoxy) is 3. The molecule has 3 aromatic carbocycles. The lowest BCUT2D eigenvalue weighted by molar-refractivity contribution is -0.129. The van der Waals surface area contributed by atoms with Gasteiger partial charge in [-0.3, -0.25) is 9.69 Å². The number of amides is 2. The first-order chi connectivity index (χ1) is 21.6. The van der Waals surface area contributed by atoms with E-state index in [4.69, 9.17) is 14.2 Å². The van der Waals surface area contributed by atoms with Crippen molar-refractivity contribution >= 4 is 27.7 Å². The fourth-order valence-corrected chi connectivity index (χ4v) is 6.89. The van der Waals surface area contributed by atoms with Gasteiger partial charge in [-0.2, -0.15) is 4.31 Å². The van der Waals surface area contributed by atoms with Gasteiger partial charge >= 0.3 is 6.09 Å². The Hall–Kier alpha value is -4.04. The molecule has 0 radical (unpaired) electrons. The molecule has 2 fully saturated rings. The highest BCUT2D eigenvalue weighted by atomic mass is 32.2. The largest absolute Gasteiger partial charge is 0.497 e. The van der Waals surface area contributed by atoms with E-state index in [0.717, 1.165) is 23.0 Å². The lowest BCUT2D eigenvalue weighted by Gasteiger charge is -2.31. The van der Waals surface area contributed by atoms with Crippen molar-refractivity contribution in [1.29, 1.82) is 0 Å². The molecule has 4 atom stereocenters. The standard InChI is InChI=1S/C32H36FN3O8S/c1-42-25-12-14-27(15-13-25)45(40,41)35(19-26-11-6-16-43-26)20-29(37)28(17-22-7-3-2-4-8-22)34-31(38)30-21-36(32(39)44-30)24-10-5-9-23(33)18-24/h2-5,7-10,12-15,18,26,28-30,37H,6,11,16-17,19-21H2,1H3,(H,34,38)/t26-,28+,29-,30+/m1/s1. The summed E-state index contributed by atoms with van der Waals surface area (Å²) in [6.07, 6.45) is -2.13. The van der Waals surface area contributed by atoms with Gasteiger partial charge in [0.2, 0.25) is 10.0 Å². The molecule has 240 valence electrons. The molecule has 0 bridgehead atoms. The van der Waals surface area contributed by atoms with Crippen molar-refractivity contribution in [3.8, 4) is 5.75 Å². The molecule has 2 aliphatic rings. The average molecular weight is 642 g/mol. The minimum atomic E-state index is -4.09. The molecular formula is C32H36FN3O8S. The number of aliphatic hydroxyl groups is 1. The second-order valence-corrected chi connectivity index (χ2v) is 12.9. The van der Waals surface area contributed by atoms with Gasteiger partial charge < -0.3 is 24.6 Å². The molecule has 2 saturated heterocycles. The van der Waals surface area contributed by atoms with E-state index >= 15 is 0 Å². The zero-order chi connectivity index (χ0) is 32.0. The van der Waals surface area contributed by atoms with E-state index in [0.29, 0.717) is 18.8 Å². The number of rotatable bonds is 13. The summed E-state index contributed by atoms with van der Waals surface area (Å²) in [4.78, 5) is 27.2. The summed E-state index contributed by atoms with van der Waals surface area (Å²) < 4.78 is 58.8. The van der Waals surface area contributed by atoms with Gasteiger partial charge in [0.1, 0.15) is 11.6 Å². The van der Waals surface area contributed by atoms with Crippen molar-refractivity contribution in [3.63, 3.8) is 0 Å². The van der Waals surface area contributed by atoms with Crippen LogP contribution in [0.4, 0.5) is 14.9 Å². The number of hydrogen-bond acceptors (Lipinski definition) is 8. The van der Waals surface area contributed by atoms with Crippen LogP contribution in [0.1, 0.15) is 18.4 Å².